The maximum Gasteiger partial charge on any atom is 0.0940 e. The monoisotopic (exact) mass is 262 g/mol. The van der Waals surface area contributed by atoms with Gasteiger partial charge in [-0.3, -0.25) is 0 Å². The number of rotatable bonds is 3. The third kappa shape index (κ3) is 2.25. The van der Waals surface area contributed by atoms with Gasteiger partial charge in [0.2, 0.25) is 0 Å². The summed E-state index contributed by atoms with van der Waals surface area (Å²) in [5.74, 6) is 1.58. The Morgan fingerprint density at radius 1 is 1.41 bits per heavy atom. The number of hydrogen-bond donors (Lipinski definition) is 1. The maximum atomic E-state index is 6.34. The van der Waals surface area contributed by atoms with Crippen molar-refractivity contribution in [3.63, 3.8) is 0 Å². The molecule has 2 nitrogen and oxygen atoms in total. The number of thiazole rings is 1. The molecule has 3 rings (SSSR count). The number of benzene rings is 1. The number of thioether (sulfide) groups is 1. The van der Waals surface area contributed by atoms with Gasteiger partial charge < -0.3 is 5.73 Å². The van der Waals surface area contributed by atoms with E-state index in [1.54, 1.807) is 11.3 Å². The number of fused-ring (bicyclic) bond motifs is 1. The van der Waals surface area contributed by atoms with Gasteiger partial charge in [-0.1, -0.05) is 18.2 Å². The average Bonchev–Trinajstić information content (AvgIpc) is 2.96. The SMILES string of the molecule is NC(Cc1nccs1)C1CSc2ccccc21. The zero-order valence-corrected chi connectivity index (χ0v) is 11.0. The lowest BCUT2D eigenvalue weighted by Crippen LogP contribution is -2.30. The minimum atomic E-state index is 0.178. The normalized spacial score (nSPS) is 20.2. The lowest BCUT2D eigenvalue weighted by molar-refractivity contribution is 0.570. The zero-order valence-electron chi connectivity index (χ0n) is 9.37. The van der Waals surface area contributed by atoms with Gasteiger partial charge in [-0.2, -0.15) is 0 Å². The van der Waals surface area contributed by atoms with E-state index in [0.717, 1.165) is 17.2 Å². The van der Waals surface area contributed by atoms with E-state index in [1.807, 2.05) is 23.3 Å². The first-order chi connectivity index (χ1) is 8.34. The smallest absolute Gasteiger partial charge is 0.0940 e. The molecule has 17 heavy (non-hydrogen) atoms. The summed E-state index contributed by atoms with van der Waals surface area (Å²) >= 11 is 3.61. The van der Waals surface area contributed by atoms with Crippen LogP contribution in [0.25, 0.3) is 0 Å². The van der Waals surface area contributed by atoms with Crippen LogP contribution < -0.4 is 5.73 Å². The summed E-state index contributed by atoms with van der Waals surface area (Å²) < 4.78 is 0. The van der Waals surface area contributed by atoms with Gasteiger partial charge in [0.1, 0.15) is 0 Å². The molecule has 2 heterocycles. The summed E-state index contributed by atoms with van der Waals surface area (Å²) in [6.07, 6.45) is 2.74. The molecule has 1 aromatic carbocycles. The number of hydrogen-bond acceptors (Lipinski definition) is 4. The lowest BCUT2D eigenvalue weighted by atomic mass is 9.92. The molecule has 1 aliphatic heterocycles. The fourth-order valence-electron chi connectivity index (χ4n) is 2.24. The standard InChI is InChI=1S/C13H14N2S2/c14-11(7-13-15-5-6-16-13)10-8-17-12-4-2-1-3-9(10)12/h1-6,10-11H,7-8,14H2. The van der Waals surface area contributed by atoms with Crippen LogP contribution in [0, 0.1) is 0 Å². The summed E-state index contributed by atoms with van der Waals surface area (Å²) in [6, 6.07) is 8.78. The minimum Gasteiger partial charge on any atom is -0.327 e. The van der Waals surface area contributed by atoms with Crippen LogP contribution in [0.4, 0.5) is 0 Å². The van der Waals surface area contributed by atoms with Gasteiger partial charge in [-0.25, -0.2) is 4.98 Å². The van der Waals surface area contributed by atoms with Crippen LogP contribution in [-0.4, -0.2) is 16.8 Å². The maximum absolute atomic E-state index is 6.34. The van der Waals surface area contributed by atoms with Crippen LogP contribution in [-0.2, 0) is 6.42 Å². The Kier molecular flexibility index (Phi) is 3.18. The predicted molar refractivity (Wildman–Crippen MR) is 73.7 cm³/mol. The summed E-state index contributed by atoms with van der Waals surface area (Å²) in [4.78, 5) is 5.71. The van der Waals surface area contributed by atoms with Crippen LogP contribution in [0.3, 0.4) is 0 Å². The molecular weight excluding hydrogens is 248 g/mol. The van der Waals surface area contributed by atoms with Gasteiger partial charge >= 0.3 is 0 Å². The van der Waals surface area contributed by atoms with E-state index in [0.29, 0.717) is 5.92 Å². The van der Waals surface area contributed by atoms with E-state index in [2.05, 4.69) is 29.2 Å². The fraction of sp³-hybridized carbons (Fsp3) is 0.308. The van der Waals surface area contributed by atoms with Crippen molar-refractivity contribution in [1.82, 2.24) is 4.98 Å². The fourth-order valence-corrected chi connectivity index (χ4v) is 4.28. The quantitative estimate of drug-likeness (QED) is 0.924. The Morgan fingerprint density at radius 2 is 2.29 bits per heavy atom. The molecule has 0 saturated heterocycles. The second-order valence-electron chi connectivity index (χ2n) is 4.25. The molecule has 2 atom stereocenters. The van der Waals surface area contributed by atoms with Crippen molar-refractivity contribution in [3.05, 3.63) is 46.4 Å². The van der Waals surface area contributed by atoms with E-state index in [9.17, 15) is 0 Å². The lowest BCUT2D eigenvalue weighted by Gasteiger charge is -2.18. The highest BCUT2D eigenvalue weighted by molar-refractivity contribution is 7.99. The van der Waals surface area contributed by atoms with Gasteiger partial charge in [0.05, 0.1) is 5.01 Å². The van der Waals surface area contributed by atoms with Gasteiger partial charge in [0.25, 0.3) is 0 Å². The highest BCUT2D eigenvalue weighted by Gasteiger charge is 2.28. The van der Waals surface area contributed by atoms with Crippen LogP contribution in [0.15, 0.2) is 40.7 Å². The molecule has 88 valence electrons. The Balaban J connectivity index is 1.78. The van der Waals surface area contributed by atoms with Crippen LogP contribution >= 0.6 is 23.1 Å². The zero-order chi connectivity index (χ0) is 11.7. The summed E-state index contributed by atoms with van der Waals surface area (Å²) in [7, 11) is 0. The molecule has 0 amide bonds. The van der Waals surface area contributed by atoms with Crippen molar-refractivity contribution >= 4 is 23.1 Å². The van der Waals surface area contributed by atoms with Crippen molar-refractivity contribution in [2.24, 2.45) is 5.73 Å². The van der Waals surface area contributed by atoms with Crippen molar-refractivity contribution in [2.75, 3.05) is 5.75 Å². The van der Waals surface area contributed by atoms with E-state index in [4.69, 9.17) is 5.73 Å². The molecule has 0 bridgehead atoms. The van der Waals surface area contributed by atoms with E-state index < -0.39 is 0 Å². The van der Waals surface area contributed by atoms with Crippen LogP contribution in [0.1, 0.15) is 16.5 Å². The molecule has 2 N–H and O–H groups in total. The predicted octanol–water partition coefficient (Wildman–Crippen LogP) is 2.90. The Morgan fingerprint density at radius 3 is 3.12 bits per heavy atom. The van der Waals surface area contributed by atoms with Crippen molar-refractivity contribution < 1.29 is 0 Å². The van der Waals surface area contributed by atoms with Gasteiger partial charge in [-0.05, 0) is 11.6 Å². The largest absolute Gasteiger partial charge is 0.327 e. The first-order valence-electron chi connectivity index (χ1n) is 5.70. The van der Waals surface area contributed by atoms with E-state index in [-0.39, 0.29) is 6.04 Å². The van der Waals surface area contributed by atoms with E-state index in [1.165, 1.54) is 10.5 Å². The molecule has 0 fully saturated rings. The van der Waals surface area contributed by atoms with Gasteiger partial charge in [-0.15, -0.1) is 23.1 Å². The first kappa shape index (κ1) is 11.3. The summed E-state index contributed by atoms with van der Waals surface area (Å²) in [5, 5.41) is 3.16. The molecular formula is C13H14N2S2. The van der Waals surface area contributed by atoms with Crippen molar-refractivity contribution in [3.8, 4) is 0 Å². The number of aromatic nitrogens is 1. The average molecular weight is 262 g/mol. The summed E-state index contributed by atoms with van der Waals surface area (Å²) in [6.45, 7) is 0. The molecule has 0 aliphatic carbocycles. The molecule has 2 unspecified atom stereocenters. The highest BCUT2D eigenvalue weighted by atomic mass is 32.2. The Hall–Kier alpha value is -0.840. The third-order valence-corrected chi connectivity index (χ3v) is 5.16. The molecule has 0 spiro atoms. The second-order valence-corrected chi connectivity index (χ2v) is 6.29. The molecule has 1 aliphatic rings. The Labute approximate surface area is 109 Å². The molecule has 1 aromatic heterocycles. The van der Waals surface area contributed by atoms with Crippen molar-refractivity contribution in [1.29, 1.82) is 0 Å². The Bertz CT molecular complexity index is 496. The van der Waals surface area contributed by atoms with Gasteiger partial charge in [0.15, 0.2) is 0 Å². The minimum absolute atomic E-state index is 0.178. The molecule has 0 saturated carbocycles. The first-order valence-corrected chi connectivity index (χ1v) is 7.57. The third-order valence-electron chi connectivity index (χ3n) is 3.15. The molecule has 2 aromatic rings. The van der Waals surface area contributed by atoms with Gasteiger partial charge in [0, 0.05) is 40.6 Å². The number of nitrogens with zero attached hydrogens (tertiary/aromatic N) is 1. The highest BCUT2D eigenvalue weighted by Crippen LogP contribution is 2.41. The topological polar surface area (TPSA) is 38.9 Å². The number of nitrogens with two attached hydrogens (primary N) is 1. The molecule has 0 radical (unpaired) electrons. The van der Waals surface area contributed by atoms with Crippen LogP contribution in [0.2, 0.25) is 0 Å². The van der Waals surface area contributed by atoms with E-state index >= 15 is 0 Å². The molecule has 4 heteroatoms. The van der Waals surface area contributed by atoms with Crippen molar-refractivity contribution in [2.45, 2.75) is 23.3 Å². The second kappa shape index (κ2) is 4.80. The van der Waals surface area contributed by atoms with Crippen LogP contribution in [0.5, 0.6) is 0 Å². The summed E-state index contributed by atoms with van der Waals surface area (Å²) in [5.41, 5.74) is 7.76.